The van der Waals surface area contributed by atoms with Gasteiger partial charge in [-0.3, -0.25) is 0 Å². The molecule has 0 saturated carbocycles. The van der Waals surface area contributed by atoms with Gasteiger partial charge in [0, 0.05) is 24.2 Å². The molecule has 0 radical (unpaired) electrons. The van der Waals surface area contributed by atoms with Crippen LogP contribution in [0.2, 0.25) is 0 Å². The van der Waals surface area contributed by atoms with Gasteiger partial charge < -0.3 is 9.64 Å². The molecule has 34 heavy (non-hydrogen) atoms. The summed E-state index contributed by atoms with van der Waals surface area (Å²) >= 11 is 1.79. The van der Waals surface area contributed by atoms with Crippen LogP contribution in [0, 0.1) is 0 Å². The number of piperidine rings is 1. The molecule has 1 aliphatic rings. The fourth-order valence-corrected chi connectivity index (χ4v) is 4.36. The molecular weight excluding hydrogens is 460 g/mol. The van der Waals surface area contributed by atoms with Gasteiger partial charge in [-0.05, 0) is 41.8 Å². The number of hydrogen-bond acceptors (Lipinski definition) is 12. The van der Waals surface area contributed by atoms with Gasteiger partial charge in [-0.2, -0.15) is 29.3 Å². The molecule has 0 unspecified atom stereocenters. The van der Waals surface area contributed by atoms with Crippen molar-refractivity contribution in [3.05, 3.63) is 47.6 Å². The molecule has 1 saturated heterocycles. The standard InChI is InChI=1S/C19H22N10OS.CO2/c1-2-17-11-21-19(31-17)27-7-5-15(6-8-27)29-23-9-14(24-29)12-30-16-3-4-18(20-10-16)28-13-22-25-26-28;2-1-3/h3-4,9-11,13,15H,2,5-8,12H2,1H3;. The second kappa shape index (κ2) is 11.2. The SMILES string of the molecule is CCc1cnc(N2CCC(n3ncc(COc4ccc(-n5cnnn5)nc4)n3)CC2)s1.O=C=O. The van der Waals surface area contributed by atoms with E-state index in [1.165, 1.54) is 15.9 Å². The summed E-state index contributed by atoms with van der Waals surface area (Å²) in [6, 6.07) is 3.92. The predicted molar refractivity (Wildman–Crippen MR) is 118 cm³/mol. The summed E-state index contributed by atoms with van der Waals surface area (Å²) in [6.45, 7) is 4.43. The first-order valence-corrected chi connectivity index (χ1v) is 11.4. The van der Waals surface area contributed by atoms with Crippen molar-refractivity contribution in [1.82, 2.24) is 45.2 Å². The fraction of sp³-hybridized carbons (Fsp3) is 0.400. The van der Waals surface area contributed by atoms with E-state index in [4.69, 9.17) is 14.3 Å². The monoisotopic (exact) mass is 482 g/mol. The average molecular weight is 483 g/mol. The average Bonchev–Trinajstić information content (AvgIpc) is 3.66. The number of pyridine rings is 1. The van der Waals surface area contributed by atoms with Crippen molar-refractivity contribution in [2.75, 3.05) is 18.0 Å². The molecule has 0 spiro atoms. The van der Waals surface area contributed by atoms with Crippen molar-refractivity contribution in [1.29, 1.82) is 0 Å². The number of nitrogens with zero attached hydrogens (tertiary/aromatic N) is 10. The predicted octanol–water partition coefficient (Wildman–Crippen LogP) is 1.50. The van der Waals surface area contributed by atoms with Crippen molar-refractivity contribution in [2.45, 2.75) is 38.8 Å². The summed E-state index contributed by atoms with van der Waals surface area (Å²) in [6.07, 6.45) is 10.2. The Morgan fingerprint density at radius 2 is 1.97 bits per heavy atom. The zero-order chi connectivity index (χ0) is 23.8. The van der Waals surface area contributed by atoms with Gasteiger partial charge in [0.1, 0.15) is 24.4 Å². The minimum absolute atomic E-state index is 0.250. The number of tetrazole rings is 1. The van der Waals surface area contributed by atoms with Crippen molar-refractivity contribution < 1.29 is 14.3 Å². The van der Waals surface area contributed by atoms with Gasteiger partial charge in [0.05, 0.1) is 18.4 Å². The van der Waals surface area contributed by atoms with E-state index in [0.29, 0.717) is 24.2 Å². The molecule has 0 aliphatic carbocycles. The molecule has 5 heterocycles. The number of ether oxygens (including phenoxy) is 1. The quantitative estimate of drug-likeness (QED) is 0.377. The summed E-state index contributed by atoms with van der Waals surface area (Å²) < 4.78 is 7.28. The van der Waals surface area contributed by atoms with Gasteiger partial charge in [0.15, 0.2) is 10.9 Å². The first kappa shape index (κ1) is 23.1. The Balaban J connectivity index is 0.000000868. The first-order valence-electron chi connectivity index (χ1n) is 10.6. The summed E-state index contributed by atoms with van der Waals surface area (Å²) in [5.74, 6) is 1.27. The van der Waals surface area contributed by atoms with Crippen molar-refractivity contribution in [2.24, 2.45) is 0 Å². The Labute approximate surface area is 198 Å². The Morgan fingerprint density at radius 1 is 1.15 bits per heavy atom. The van der Waals surface area contributed by atoms with Crippen LogP contribution in [0.5, 0.6) is 5.75 Å². The van der Waals surface area contributed by atoms with Gasteiger partial charge in [0.25, 0.3) is 0 Å². The number of thiazole rings is 1. The largest absolute Gasteiger partial charge is 0.486 e. The number of carbonyl (C=O) groups excluding carboxylic acids is 2. The van der Waals surface area contributed by atoms with E-state index in [9.17, 15) is 0 Å². The van der Waals surface area contributed by atoms with Crippen molar-refractivity contribution in [3.63, 3.8) is 0 Å². The molecular formula is C20H22N10O3S. The Kier molecular flexibility index (Phi) is 7.63. The van der Waals surface area contributed by atoms with Gasteiger partial charge in [-0.25, -0.2) is 9.97 Å². The number of aryl methyl sites for hydroxylation is 1. The number of hydrogen-bond donors (Lipinski definition) is 0. The van der Waals surface area contributed by atoms with Crippen LogP contribution in [0.1, 0.15) is 36.4 Å². The van der Waals surface area contributed by atoms with Crippen LogP contribution < -0.4 is 9.64 Å². The second-order valence-corrected chi connectivity index (χ2v) is 8.41. The van der Waals surface area contributed by atoms with Gasteiger partial charge in [-0.15, -0.1) is 16.4 Å². The molecule has 4 aromatic rings. The maximum Gasteiger partial charge on any atom is 0.373 e. The molecule has 1 aliphatic heterocycles. The highest BCUT2D eigenvalue weighted by atomic mass is 32.1. The fourth-order valence-electron chi connectivity index (χ4n) is 3.46. The lowest BCUT2D eigenvalue weighted by Crippen LogP contribution is -2.35. The van der Waals surface area contributed by atoms with Crippen LogP contribution in [-0.4, -0.2) is 64.4 Å². The number of rotatable bonds is 7. The van der Waals surface area contributed by atoms with E-state index in [0.717, 1.165) is 43.2 Å². The molecule has 5 rings (SSSR count). The van der Waals surface area contributed by atoms with Crippen LogP contribution in [0.15, 0.2) is 37.1 Å². The van der Waals surface area contributed by atoms with Crippen LogP contribution in [0.25, 0.3) is 5.82 Å². The number of aromatic nitrogens is 9. The molecule has 0 amide bonds. The van der Waals surface area contributed by atoms with E-state index < -0.39 is 0 Å². The van der Waals surface area contributed by atoms with Crippen LogP contribution in [-0.2, 0) is 22.6 Å². The van der Waals surface area contributed by atoms with E-state index in [-0.39, 0.29) is 6.15 Å². The molecule has 1 fully saturated rings. The summed E-state index contributed by atoms with van der Waals surface area (Å²) in [7, 11) is 0. The lowest BCUT2D eigenvalue weighted by molar-refractivity contribution is -0.191. The van der Waals surface area contributed by atoms with E-state index in [2.05, 4.69) is 47.5 Å². The minimum atomic E-state index is 0.250. The smallest absolute Gasteiger partial charge is 0.373 e. The molecule has 0 N–H and O–H groups in total. The molecule has 14 heteroatoms. The molecule has 0 bridgehead atoms. The molecule has 176 valence electrons. The topological polar surface area (TPSA) is 147 Å². The third-order valence-corrected chi connectivity index (χ3v) is 6.40. The van der Waals surface area contributed by atoms with Crippen LogP contribution >= 0.6 is 11.3 Å². The van der Waals surface area contributed by atoms with Gasteiger partial charge >= 0.3 is 6.15 Å². The zero-order valence-corrected chi connectivity index (χ0v) is 19.2. The number of anilines is 1. The Bertz CT molecular complexity index is 1190. The lowest BCUT2D eigenvalue weighted by atomic mass is 10.1. The minimum Gasteiger partial charge on any atom is -0.486 e. The van der Waals surface area contributed by atoms with E-state index in [1.807, 2.05) is 17.1 Å². The van der Waals surface area contributed by atoms with Crippen molar-refractivity contribution >= 4 is 22.6 Å². The third kappa shape index (κ3) is 5.66. The molecule has 0 atom stereocenters. The Morgan fingerprint density at radius 3 is 2.62 bits per heavy atom. The molecule has 4 aromatic heterocycles. The summed E-state index contributed by atoms with van der Waals surface area (Å²) in [5.41, 5.74) is 0.791. The lowest BCUT2D eigenvalue weighted by Gasteiger charge is -2.31. The highest BCUT2D eigenvalue weighted by Crippen LogP contribution is 2.29. The second-order valence-electron chi connectivity index (χ2n) is 7.32. The van der Waals surface area contributed by atoms with Crippen molar-refractivity contribution in [3.8, 4) is 11.6 Å². The van der Waals surface area contributed by atoms with Crippen LogP contribution in [0.4, 0.5) is 5.13 Å². The zero-order valence-electron chi connectivity index (χ0n) is 18.4. The summed E-state index contributed by atoms with van der Waals surface area (Å²) in [4.78, 5) is 30.6. The Hall–Kier alpha value is -4.03. The molecule has 13 nitrogen and oxygen atoms in total. The highest BCUT2D eigenvalue weighted by Gasteiger charge is 2.24. The normalized spacial score (nSPS) is 13.7. The highest BCUT2D eigenvalue weighted by molar-refractivity contribution is 7.15. The van der Waals surface area contributed by atoms with E-state index >= 15 is 0 Å². The maximum absolute atomic E-state index is 8.12. The van der Waals surface area contributed by atoms with Gasteiger partial charge in [0.2, 0.25) is 0 Å². The third-order valence-electron chi connectivity index (χ3n) is 5.20. The van der Waals surface area contributed by atoms with Gasteiger partial charge in [-0.1, -0.05) is 6.92 Å². The summed E-state index contributed by atoms with van der Waals surface area (Å²) in [5, 5.41) is 21.2. The first-order chi connectivity index (χ1) is 16.7. The maximum atomic E-state index is 8.12. The molecule has 0 aromatic carbocycles. The van der Waals surface area contributed by atoms with E-state index in [1.54, 1.807) is 29.8 Å². The van der Waals surface area contributed by atoms with Crippen LogP contribution in [0.3, 0.4) is 0 Å².